The van der Waals surface area contributed by atoms with Gasteiger partial charge in [0.2, 0.25) is 0 Å². The molecule has 2 rings (SSSR count). The van der Waals surface area contributed by atoms with Crippen LogP contribution in [0.5, 0.6) is 0 Å². The van der Waals surface area contributed by atoms with Gasteiger partial charge in [-0.1, -0.05) is 68.4 Å². The van der Waals surface area contributed by atoms with E-state index < -0.39 is 0 Å². The van der Waals surface area contributed by atoms with E-state index in [2.05, 4.69) is 26.0 Å². The van der Waals surface area contributed by atoms with Crippen LogP contribution in [-0.2, 0) is 0 Å². The molecule has 0 fully saturated rings. The Kier molecular flexibility index (Phi) is 5.42. The average molecular weight is 284 g/mol. The Morgan fingerprint density at radius 1 is 0.950 bits per heavy atom. The first-order chi connectivity index (χ1) is 9.66. The third-order valence-electron chi connectivity index (χ3n) is 3.09. The Labute approximate surface area is 125 Å². The fourth-order valence-electron chi connectivity index (χ4n) is 2.01. The van der Waals surface area contributed by atoms with Gasteiger partial charge in [-0.25, -0.2) is 0 Å². The molecule has 0 aliphatic carbocycles. The molecule has 0 heterocycles. The lowest BCUT2D eigenvalue weighted by Crippen LogP contribution is -2.02. The Morgan fingerprint density at radius 3 is 2.15 bits per heavy atom. The fraction of sp³-hybridized carbons (Fsp3) is 0.278. The Bertz CT molecular complexity index is 543. The second-order valence-electron chi connectivity index (χ2n) is 5.04. The highest BCUT2D eigenvalue weighted by atomic mass is 32.2. The topological polar surface area (TPSA) is 17.1 Å². The highest BCUT2D eigenvalue weighted by Gasteiger charge is 2.06. The molecule has 20 heavy (non-hydrogen) atoms. The van der Waals surface area contributed by atoms with Gasteiger partial charge < -0.3 is 0 Å². The summed E-state index contributed by atoms with van der Waals surface area (Å²) in [6, 6.07) is 18.1. The molecule has 0 atom stereocenters. The summed E-state index contributed by atoms with van der Waals surface area (Å²) in [4.78, 5) is 12.1. The van der Waals surface area contributed by atoms with Crippen LogP contribution in [0.2, 0.25) is 0 Å². The summed E-state index contributed by atoms with van der Waals surface area (Å²) in [5, 5.41) is 0.586. The van der Waals surface area contributed by atoms with Crippen molar-refractivity contribution in [2.24, 2.45) is 0 Å². The van der Waals surface area contributed by atoms with E-state index in [0.29, 0.717) is 11.7 Å². The molecule has 2 aromatic rings. The normalized spacial score (nSPS) is 10.8. The highest BCUT2D eigenvalue weighted by molar-refractivity contribution is 7.99. The molecular weight excluding hydrogens is 264 g/mol. The van der Waals surface area contributed by atoms with Crippen molar-refractivity contribution in [1.29, 1.82) is 0 Å². The van der Waals surface area contributed by atoms with Gasteiger partial charge in [-0.2, -0.15) is 11.8 Å². The number of carbonyl (C=O) groups is 1. The molecule has 0 saturated carbocycles. The Balaban J connectivity index is 1.99. The summed E-state index contributed by atoms with van der Waals surface area (Å²) >= 11 is 1.83. The van der Waals surface area contributed by atoms with E-state index in [1.54, 1.807) is 0 Å². The van der Waals surface area contributed by atoms with Crippen LogP contribution >= 0.6 is 11.8 Å². The van der Waals surface area contributed by atoms with Crippen molar-refractivity contribution in [3.05, 3.63) is 60.2 Å². The zero-order valence-corrected chi connectivity index (χ0v) is 12.8. The molecule has 1 nitrogen and oxygen atoms in total. The van der Waals surface area contributed by atoms with Gasteiger partial charge in [0.15, 0.2) is 5.78 Å². The molecule has 0 unspecified atom stereocenters. The van der Waals surface area contributed by atoms with Crippen molar-refractivity contribution in [1.82, 2.24) is 0 Å². The molecule has 0 aliphatic heterocycles. The largest absolute Gasteiger partial charge is 0.294 e. The van der Waals surface area contributed by atoms with Crippen LogP contribution in [0, 0.1) is 0 Å². The first kappa shape index (κ1) is 14.9. The van der Waals surface area contributed by atoms with Crippen molar-refractivity contribution < 1.29 is 4.79 Å². The van der Waals surface area contributed by atoms with E-state index in [9.17, 15) is 4.79 Å². The number of carbonyl (C=O) groups excluding carboxylic acids is 1. The molecule has 104 valence electrons. The first-order valence-corrected chi connectivity index (χ1v) is 8.02. The SMILES string of the molecule is CC(C)SCCC(=O)c1ccc(-c2ccccc2)cc1. The third-order valence-corrected chi connectivity index (χ3v) is 4.20. The lowest BCUT2D eigenvalue weighted by Gasteiger charge is -2.05. The smallest absolute Gasteiger partial charge is 0.163 e. The minimum absolute atomic E-state index is 0.234. The van der Waals surface area contributed by atoms with Crippen molar-refractivity contribution in [2.45, 2.75) is 25.5 Å². The lowest BCUT2D eigenvalue weighted by molar-refractivity contribution is 0.0989. The fourth-order valence-corrected chi connectivity index (χ4v) is 2.79. The molecule has 2 aromatic carbocycles. The summed E-state index contributed by atoms with van der Waals surface area (Å²) in [5.74, 6) is 1.13. The van der Waals surface area contributed by atoms with Crippen molar-refractivity contribution in [3.8, 4) is 11.1 Å². The minimum Gasteiger partial charge on any atom is -0.294 e. The van der Waals surface area contributed by atoms with Crippen LogP contribution in [0.4, 0.5) is 0 Å². The quantitative estimate of drug-likeness (QED) is 0.689. The standard InChI is InChI=1S/C18H20OS/c1-14(2)20-13-12-18(19)17-10-8-16(9-11-17)15-6-4-3-5-7-15/h3-11,14H,12-13H2,1-2H3. The molecule has 0 aromatic heterocycles. The van der Waals surface area contributed by atoms with Crippen molar-refractivity contribution in [3.63, 3.8) is 0 Å². The number of hydrogen-bond acceptors (Lipinski definition) is 2. The van der Waals surface area contributed by atoms with Gasteiger partial charge in [-0.3, -0.25) is 4.79 Å². The predicted molar refractivity (Wildman–Crippen MR) is 88.4 cm³/mol. The van der Waals surface area contributed by atoms with Gasteiger partial charge in [-0.15, -0.1) is 0 Å². The Hall–Kier alpha value is -1.54. The maximum Gasteiger partial charge on any atom is 0.163 e. The van der Waals surface area contributed by atoms with E-state index in [4.69, 9.17) is 0 Å². The van der Waals surface area contributed by atoms with Gasteiger partial charge in [0.05, 0.1) is 0 Å². The summed E-state index contributed by atoms with van der Waals surface area (Å²) < 4.78 is 0. The molecule has 0 bridgehead atoms. The van der Waals surface area contributed by atoms with Crippen LogP contribution in [0.15, 0.2) is 54.6 Å². The predicted octanol–water partition coefficient (Wildman–Crippen LogP) is 5.07. The maximum atomic E-state index is 12.1. The van der Waals surface area contributed by atoms with Gasteiger partial charge in [-0.05, 0) is 16.4 Å². The zero-order chi connectivity index (χ0) is 14.4. The van der Waals surface area contributed by atoms with Crippen LogP contribution < -0.4 is 0 Å². The minimum atomic E-state index is 0.234. The van der Waals surface area contributed by atoms with Gasteiger partial charge in [0.1, 0.15) is 0 Å². The van der Waals surface area contributed by atoms with Crippen LogP contribution in [0.3, 0.4) is 0 Å². The average Bonchev–Trinajstić information content (AvgIpc) is 2.48. The van der Waals surface area contributed by atoms with Crippen molar-refractivity contribution >= 4 is 17.5 Å². The molecule has 0 saturated heterocycles. The van der Waals surface area contributed by atoms with E-state index in [1.165, 1.54) is 5.56 Å². The molecule has 2 heteroatoms. The summed E-state index contributed by atoms with van der Waals surface area (Å²) in [6.45, 7) is 4.31. The summed E-state index contributed by atoms with van der Waals surface area (Å²) in [6.07, 6.45) is 0.619. The van der Waals surface area contributed by atoms with Crippen molar-refractivity contribution in [2.75, 3.05) is 5.75 Å². The maximum absolute atomic E-state index is 12.1. The second-order valence-corrected chi connectivity index (χ2v) is 6.72. The lowest BCUT2D eigenvalue weighted by atomic mass is 10.0. The van der Waals surface area contributed by atoms with Gasteiger partial charge in [0, 0.05) is 17.7 Å². The van der Waals surface area contributed by atoms with E-state index in [-0.39, 0.29) is 5.78 Å². The molecular formula is C18H20OS. The number of rotatable bonds is 6. The Morgan fingerprint density at radius 2 is 1.55 bits per heavy atom. The number of hydrogen-bond donors (Lipinski definition) is 0. The van der Waals surface area contributed by atoms with E-state index in [1.807, 2.05) is 54.2 Å². The van der Waals surface area contributed by atoms with Crippen LogP contribution in [0.1, 0.15) is 30.6 Å². The zero-order valence-electron chi connectivity index (χ0n) is 12.0. The van der Waals surface area contributed by atoms with Crippen LogP contribution in [0.25, 0.3) is 11.1 Å². The van der Waals surface area contributed by atoms with Gasteiger partial charge in [0.25, 0.3) is 0 Å². The second kappa shape index (κ2) is 7.30. The number of thioether (sulfide) groups is 1. The number of ketones is 1. The molecule has 0 radical (unpaired) electrons. The summed E-state index contributed by atoms with van der Waals surface area (Å²) in [5.41, 5.74) is 3.15. The molecule has 0 amide bonds. The van der Waals surface area contributed by atoms with Gasteiger partial charge >= 0.3 is 0 Å². The first-order valence-electron chi connectivity index (χ1n) is 6.97. The highest BCUT2D eigenvalue weighted by Crippen LogP contribution is 2.20. The van der Waals surface area contributed by atoms with E-state index >= 15 is 0 Å². The molecule has 0 spiro atoms. The van der Waals surface area contributed by atoms with Crippen LogP contribution in [-0.4, -0.2) is 16.8 Å². The molecule has 0 N–H and O–H groups in total. The van der Waals surface area contributed by atoms with E-state index in [0.717, 1.165) is 16.9 Å². The number of benzene rings is 2. The monoisotopic (exact) mass is 284 g/mol. The summed E-state index contributed by atoms with van der Waals surface area (Å²) in [7, 11) is 0. The molecule has 0 aliphatic rings. The third kappa shape index (κ3) is 4.24. The number of Topliss-reactive ketones (excluding diaryl/α,β-unsaturated/α-hetero) is 1.